The number of fused-ring (bicyclic) bond motifs is 1. The van der Waals surface area contributed by atoms with Crippen LogP contribution in [-0.2, 0) is 11.3 Å². The SMILES string of the molecule is COc1ccc2c(c1)C(=O)[C@H](OC(=O)NCc1ccco1)[C@@H](c1ccc(OC)c(Br)c1)O2. The summed E-state index contributed by atoms with van der Waals surface area (Å²) in [5.41, 5.74) is 0.910. The second kappa shape index (κ2) is 9.35. The van der Waals surface area contributed by atoms with Crippen LogP contribution in [0.15, 0.2) is 63.7 Å². The number of Topliss-reactive ketones (excluding diaryl/α,β-unsaturated/α-hetero) is 1. The summed E-state index contributed by atoms with van der Waals surface area (Å²) in [6.07, 6.45) is -1.35. The van der Waals surface area contributed by atoms with E-state index in [1.807, 2.05) is 0 Å². The molecule has 2 heterocycles. The first-order chi connectivity index (χ1) is 15.5. The number of hydrogen-bond donors (Lipinski definition) is 1. The third-order valence-electron chi connectivity index (χ3n) is 4.96. The molecule has 1 aliphatic rings. The number of carbonyl (C=O) groups excluding carboxylic acids is 2. The maximum absolute atomic E-state index is 13.3. The molecule has 32 heavy (non-hydrogen) atoms. The number of nitrogens with one attached hydrogen (secondary N) is 1. The lowest BCUT2D eigenvalue weighted by Crippen LogP contribution is -2.42. The Kier molecular flexibility index (Phi) is 6.36. The Labute approximate surface area is 192 Å². The monoisotopic (exact) mass is 501 g/mol. The van der Waals surface area contributed by atoms with Gasteiger partial charge >= 0.3 is 6.09 Å². The minimum absolute atomic E-state index is 0.122. The van der Waals surface area contributed by atoms with Crippen LogP contribution in [0.5, 0.6) is 17.2 Å². The Morgan fingerprint density at radius 2 is 1.97 bits per heavy atom. The maximum Gasteiger partial charge on any atom is 0.408 e. The molecule has 0 unspecified atom stereocenters. The van der Waals surface area contributed by atoms with Gasteiger partial charge in [0.1, 0.15) is 23.0 Å². The number of carbonyl (C=O) groups is 2. The molecule has 1 aliphatic heterocycles. The number of rotatable bonds is 6. The molecule has 0 fully saturated rings. The van der Waals surface area contributed by atoms with Crippen molar-refractivity contribution in [3.05, 3.63) is 76.2 Å². The average Bonchev–Trinajstić information content (AvgIpc) is 3.33. The van der Waals surface area contributed by atoms with Crippen molar-refractivity contribution in [3.8, 4) is 17.2 Å². The predicted molar refractivity (Wildman–Crippen MR) is 117 cm³/mol. The molecule has 1 amide bonds. The molecule has 1 N–H and O–H groups in total. The molecule has 0 aliphatic carbocycles. The van der Waals surface area contributed by atoms with Gasteiger partial charge in [-0.25, -0.2) is 4.79 Å². The van der Waals surface area contributed by atoms with Gasteiger partial charge in [-0.2, -0.15) is 0 Å². The van der Waals surface area contributed by atoms with Gasteiger partial charge in [-0.15, -0.1) is 0 Å². The maximum atomic E-state index is 13.3. The van der Waals surface area contributed by atoms with Crippen LogP contribution in [0.3, 0.4) is 0 Å². The fraction of sp³-hybridized carbons (Fsp3) is 0.217. The number of methoxy groups -OCH3 is 2. The first-order valence-corrected chi connectivity index (χ1v) is 10.5. The predicted octanol–water partition coefficient (Wildman–Crippen LogP) is 4.67. The van der Waals surface area contributed by atoms with Crippen molar-refractivity contribution in [3.63, 3.8) is 0 Å². The number of furan rings is 1. The minimum Gasteiger partial charge on any atom is -0.497 e. The number of benzene rings is 2. The van der Waals surface area contributed by atoms with Crippen LogP contribution in [-0.4, -0.2) is 32.2 Å². The van der Waals surface area contributed by atoms with E-state index in [-0.39, 0.29) is 12.1 Å². The Morgan fingerprint density at radius 1 is 1.12 bits per heavy atom. The fourth-order valence-corrected chi connectivity index (χ4v) is 3.93. The molecule has 4 rings (SSSR count). The molecule has 0 saturated carbocycles. The average molecular weight is 502 g/mol. The molecule has 8 nitrogen and oxygen atoms in total. The minimum atomic E-state index is -1.22. The van der Waals surface area contributed by atoms with Gasteiger partial charge < -0.3 is 28.7 Å². The molecule has 2 aromatic carbocycles. The van der Waals surface area contributed by atoms with E-state index in [2.05, 4.69) is 21.2 Å². The summed E-state index contributed by atoms with van der Waals surface area (Å²) in [7, 11) is 3.06. The molecular formula is C23H20BrNO7. The van der Waals surface area contributed by atoms with Gasteiger partial charge in [0.05, 0.1) is 37.1 Å². The molecule has 166 valence electrons. The molecule has 3 aromatic rings. The largest absolute Gasteiger partial charge is 0.497 e. The second-order valence-electron chi connectivity index (χ2n) is 6.92. The van der Waals surface area contributed by atoms with E-state index in [4.69, 9.17) is 23.4 Å². The van der Waals surface area contributed by atoms with Crippen molar-refractivity contribution in [2.45, 2.75) is 18.8 Å². The summed E-state index contributed by atoms with van der Waals surface area (Å²) in [6, 6.07) is 13.6. The van der Waals surface area contributed by atoms with Gasteiger partial charge in [-0.05, 0) is 64.0 Å². The molecule has 9 heteroatoms. The molecule has 1 aromatic heterocycles. The lowest BCUT2D eigenvalue weighted by molar-refractivity contribution is 0.00878. The Bertz CT molecular complexity index is 1130. The lowest BCUT2D eigenvalue weighted by Gasteiger charge is -2.32. The van der Waals surface area contributed by atoms with E-state index >= 15 is 0 Å². The Morgan fingerprint density at radius 3 is 2.66 bits per heavy atom. The second-order valence-corrected chi connectivity index (χ2v) is 7.77. The van der Waals surface area contributed by atoms with Crippen molar-refractivity contribution in [1.29, 1.82) is 0 Å². The number of alkyl carbamates (subject to hydrolysis) is 1. The third kappa shape index (κ3) is 4.43. The number of amides is 1. The van der Waals surface area contributed by atoms with Gasteiger partial charge in [0, 0.05) is 0 Å². The highest BCUT2D eigenvalue weighted by Crippen LogP contribution is 2.40. The smallest absolute Gasteiger partial charge is 0.408 e. The molecule has 0 bridgehead atoms. The summed E-state index contributed by atoms with van der Waals surface area (Å²) >= 11 is 3.44. The summed E-state index contributed by atoms with van der Waals surface area (Å²) in [5, 5.41) is 2.58. The van der Waals surface area contributed by atoms with Crippen LogP contribution in [0, 0.1) is 0 Å². The molecule has 2 atom stereocenters. The van der Waals surface area contributed by atoms with Crippen LogP contribution < -0.4 is 19.5 Å². The van der Waals surface area contributed by atoms with E-state index in [0.717, 1.165) is 0 Å². The zero-order valence-electron chi connectivity index (χ0n) is 17.3. The van der Waals surface area contributed by atoms with Crippen LogP contribution in [0.1, 0.15) is 27.8 Å². The highest BCUT2D eigenvalue weighted by molar-refractivity contribution is 9.10. The zero-order chi connectivity index (χ0) is 22.7. The van der Waals surface area contributed by atoms with Crippen molar-refractivity contribution in [2.24, 2.45) is 0 Å². The Hall–Kier alpha value is -3.46. The quantitative estimate of drug-likeness (QED) is 0.524. The summed E-state index contributed by atoms with van der Waals surface area (Å²) < 4.78 is 28.0. The summed E-state index contributed by atoms with van der Waals surface area (Å²) in [4.78, 5) is 25.8. The van der Waals surface area contributed by atoms with E-state index in [9.17, 15) is 9.59 Å². The van der Waals surface area contributed by atoms with Crippen LogP contribution in [0.25, 0.3) is 0 Å². The van der Waals surface area contributed by atoms with Crippen molar-refractivity contribution in [1.82, 2.24) is 5.32 Å². The van der Waals surface area contributed by atoms with Gasteiger partial charge in [-0.1, -0.05) is 6.07 Å². The number of ether oxygens (including phenoxy) is 4. The van der Waals surface area contributed by atoms with Gasteiger partial charge in [0.15, 0.2) is 6.10 Å². The van der Waals surface area contributed by atoms with Crippen molar-refractivity contribution in [2.75, 3.05) is 14.2 Å². The number of hydrogen-bond acceptors (Lipinski definition) is 7. The normalized spacial score (nSPS) is 17.2. The van der Waals surface area contributed by atoms with Crippen LogP contribution in [0.2, 0.25) is 0 Å². The van der Waals surface area contributed by atoms with E-state index in [1.165, 1.54) is 13.4 Å². The van der Waals surface area contributed by atoms with E-state index in [1.54, 1.807) is 55.6 Å². The standard InChI is InChI=1S/C23H20BrNO7/c1-28-14-6-8-18-16(11-14)20(26)22(32-23(27)25-12-15-4-3-9-30-15)21(31-18)13-5-7-19(29-2)17(24)10-13/h3-11,21-22H,12H2,1-2H3,(H,25,27)/t21-,22+/m1/s1. The van der Waals surface area contributed by atoms with Crippen molar-refractivity contribution >= 4 is 27.8 Å². The molecule has 0 spiro atoms. The lowest BCUT2D eigenvalue weighted by atomic mass is 9.93. The van der Waals surface area contributed by atoms with E-state index < -0.39 is 24.1 Å². The third-order valence-corrected chi connectivity index (χ3v) is 5.58. The highest BCUT2D eigenvalue weighted by Gasteiger charge is 2.41. The highest BCUT2D eigenvalue weighted by atomic mass is 79.9. The first-order valence-electron chi connectivity index (χ1n) is 9.69. The topological polar surface area (TPSA) is 96.2 Å². The Balaban J connectivity index is 1.64. The van der Waals surface area contributed by atoms with Crippen LogP contribution >= 0.6 is 15.9 Å². The van der Waals surface area contributed by atoms with E-state index in [0.29, 0.717) is 33.0 Å². The number of halogens is 1. The fourth-order valence-electron chi connectivity index (χ4n) is 3.37. The molecule has 0 saturated heterocycles. The number of ketones is 1. The first kappa shape index (κ1) is 21.8. The van der Waals surface area contributed by atoms with Crippen LogP contribution in [0.4, 0.5) is 4.79 Å². The van der Waals surface area contributed by atoms with Crippen molar-refractivity contribution < 1.29 is 33.0 Å². The van der Waals surface area contributed by atoms with Gasteiger partial charge in [0.25, 0.3) is 0 Å². The molecule has 0 radical (unpaired) electrons. The summed E-state index contributed by atoms with van der Waals surface area (Å²) in [6.45, 7) is 0.122. The molecular weight excluding hydrogens is 482 g/mol. The zero-order valence-corrected chi connectivity index (χ0v) is 18.9. The van der Waals surface area contributed by atoms with Gasteiger partial charge in [-0.3, -0.25) is 4.79 Å². The summed E-state index contributed by atoms with van der Waals surface area (Å²) in [5.74, 6) is 1.65. The van der Waals surface area contributed by atoms with Gasteiger partial charge in [0.2, 0.25) is 11.9 Å².